The van der Waals surface area contributed by atoms with E-state index in [1.807, 2.05) is 12.1 Å². The quantitative estimate of drug-likeness (QED) is 0.160. The molecule has 0 aliphatic carbocycles. The third-order valence-corrected chi connectivity index (χ3v) is 11.2. The average Bonchev–Trinajstić information content (AvgIpc) is 3.31. The van der Waals surface area contributed by atoms with Crippen molar-refractivity contribution in [1.82, 2.24) is 15.0 Å². The zero-order chi connectivity index (χ0) is 38.4. The maximum atomic E-state index is 5.41. The molecule has 0 fully saturated rings. The Morgan fingerprint density at radius 3 is 1.34 bits per heavy atom. The summed E-state index contributed by atoms with van der Waals surface area (Å²) in [5, 5.41) is 8.51. The first kappa shape index (κ1) is 33.6. The van der Waals surface area contributed by atoms with Gasteiger partial charge in [0.15, 0.2) is 5.82 Å². The molecule has 11 aromatic rings. The van der Waals surface area contributed by atoms with Gasteiger partial charge in [-0.3, -0.25) is 0 Å². The van der Waals surface area contributed by atoms with Crippen molar-refractivity contribution in [2.24, 2.45) is 0 Å². The summed E-state index contributed by atoms with van der Waals surface area (Å²) in [5.41, 5.74) is 12.3. The summed E-state index contributed by atoms with van der Waals surface area (Å²) < 4.78 is 0. The normalized spacial score (nSPS) is 11.4. The van der Waals surface area contributed by atoms with Gasteiger partial charge in [-0.2, -0.15) is 0 Å². The molecule has 0 aliphatic heterocycles. The van der Waals surface area contributed by atoms with Crippen LogP contribution in [0.2, 0.25) is 0 Å². The number of hydrogen-bond donors (Lipinski definition) is 0. The van der Waals surface area contributed by atoms with Gasteiger partial charge < -0.3 is 0 Å². The van der Waals surface area contributed by atoms with Gasteiger partial charge in [-0.25, -0.2) is 15.0 Å². The summed E-state index contributed by atoms with van der Waals surface area (Å²) in [7, 11) is 0. The Balaban J connectivity index is 1.06. The fraction of sp³-hybridized carbons (Fsp3) is 0. The topological polar surface area (TPSA) is 38.7 Å². The molecule has 0 saturated carbocycles. The number of nitrogens with zero attached hydrogens (tertiary/aromatic N) is 3. The number of rotatable bonds is 6. The van der Waals surface area contributed by atoms with E-state index < -0.39 is 0 Å². The van der Waals surface area contributed by atoms with Crippen LogP contribution in [-0.4, -0.2) is 15.0 Å². The van der Waals surface area contributed by atoms with Crippen LogP contribution in [0.25, 0.3) is 111 Å². The van der Waals surface area contributed by atoms with Crippen LogP contribution in [0.1, 0.15) is 0 Å². The Morgan fingerprint density at radius 1 is 0.241 bits per heavy atom. The van der Waals surface area contributed by atoms with Crippen molar-refractivity contribution < 1.29 is 0 Å². The maximum Gasteiger partial charge on any atom is 0.160 e. The third kappa shape index (κ3) is 5.89. The van der Waals surface area contributed by atoms with Crippen LogP contribution in [0.5, 0.6) is 0 Å². The van der Waals surface area contributed by atoms with E-state index >= 15 is 0 Å². The molecule has 0 spiro atoms. The molecule has 2 heterocycles. The molecule has 3 heteroatoms. The molecule has 270 valence electrons. The molecule has 0 N–H and O–H groups in total. The smallest absolute Gasteiger partial charge is 0.160 e. The van der Waals surface area contributed by atoms with Crippen molar-refractivity contribution >= 4 is 43.2 Å². The number of pyridine rings is 1. The lowest BCUT2D eigenvalue weighted by molar-refractivity contribution is 1.18. The van der Waals surface area contributed by atoms with Gasteiger partial charge in [0.05, 0.1) is 22.6 Å². The first-order chi connectivity index (χ1) is 28.7. The zero-order valence-electron chi connectivity index (χ0n) is 31.5. The Morgan fingerprint density at radius 2 is 0.672 bits per heavy atom. The van der Waals surface area contributed by atoms with Gasteiger partial charge in [0.2, 0.25) is 0 Å². The second-order valence-corrected chi connectivity index (χ2v) is 14.8. The fourth-order valence-corrected chi connectivity index (χ4v) is 8.49. The Labute approximate surface area is 336 Å². The molecular weight excluding hydrogens is 703 g/mol. The van der Waals surface area contributed by atoms with E-state index in [4.69, 9.17) is 15.0 Å². The largest absolute Gasteiger partial charge is 0.247 e. The molecule has 58 heavy (non-hydrogen) atoms. The summed E-state index contributed by atoms with van der Waals surface area (Å²) in [5.74, 6) is 0.681. The minimum absolute atomic E-state index is 0.681. The average molecular weight is 738 g/mol. The second kappa shape index (κ2) is 14.1. The zero-order valence-corrected chi connectivity index (χ0v) is 31.5. The van der Waals surface area contributed by atoms with E-state index in [2.05, 4.69) is 200 Å². The molecule has 0 aliphatic rings. The lowest BCUT2D eigenvalue weighted by Crippen LogP contribution is -1.96. The number of hydrogen-bond acceptors (Lipinski definition) is 3. The van der Waals surface area contributed by atoms with Crippen molar-refractivity contribution in [3.63, 3.8) is 0 Å². The molecule has 0 amide bonds. The molecule has 0 atom stereocenters. The van der Waals surface area contributed by atoms with Crippen molar-refractivity contribution in [2.75, 3.05) is 0 Å². The minimum atomic E-state index is 0.681. The highest BCUT2D eigenvalue weighted by Crippen LogP contribution is 2.43. The van der Waals surface area contributed by atoms with Crippen LogP contribution in [0.3, 0.4) is 0 Å². The SMILES string of the molecule is c1ccc(-c2cccc(-c3cc(-c4ccccc4)nc(-c4cccc(-c5cccc(-c6nc7ccccc7c7c8ccccc8c8ccccc8c67)c5)c4)n3)c2)cc1. The predicted molar refractivity (Wildman–Crippen MR) is 242 cm³/mol. The lowest BCUT2D eigenvalue weighted by atomic mass is 9.89. The Kier molecular flexibility index (Phi) is 8.15. The summed E-state index contributed by atoms with van der Waals surface area (Å²) in [4.78, 5) is 15.8. The van der Waals surface area contributed by atoms with Gasteiger partial charge in [0.25, 0.3) is 0 Å². The van der Waals surface area contributed by atoms with Crippen LogP contribution in [0, 0.1) is 0 Å². The van der Waals surface area contributed by atoms with Crippen molar-refractivity contribution in [3.8, 4) is 67.4 Å². The van der Waals surface area contributed by atoms with E-state index in [-0.39, 0.29) is 0 Å². The van der Waals surface area contributed by atoms with Gasteiger partial charge in [-0.15, -0.1) is 0 Å². The van der Waals surface area contributed by atoms with Crippen LogP contribution in [0.15, 0.2) is 212 Å². The van der Waals surface area contributed by atoms with E-state index in [9.17, 15) is 0 Å². The summed E-state index contributed by atoms with van der Waals surface area (Å²) >= 11 is 0. The Hall–Kier alpha value is -7.75. The van der Waals surface area contributed by atoms with Gasteiger partial charge in [-0.1, -0.05) is 182 Å². The van der Waals surface area contributed by atoms with Crippen molar-refractivity contribution in [1.29, 1.82) is 0 Å². The highest BCUT2D eigenvalue weighted by Gasteiger charge is 2.18. The molecule has 0 unspecified atom stereocenters. The Bertz CT molecular complexity index is 3340. The van der Waals surface area contributed by atoms with E-state index in [1.165, 1.54) is 37.9 Å². The molecule has 3 nitrogen and oxygen atoms in total. The van der Waals surface area contributed by atoms with Gasteiger partial charge >= 0.3 is 0 Å². The summed E-state index contributed by atoms with van der Waals surface area (Å²) in [6.07, 6.45) is 0. The summed E-state index contributed by atoms with van der Waals surface area (Å²) in [6.45, 7) is 0. The standard InChI is InChI=1S/C55H35N3/c1-3-16-36(17-4-1)38-20-13-23-41(32-38)51-35-50(37-18-5-2-6-19-37)57-55(58-51)43-25-15-22-40(34-43)39-21-14-24-42(33-39)54-53-47-29-10-8-27-45(47)44-26-7-9-28-46(44)52(53)48-30-11-12-31-49(48)56-54/h1-35H. The second-order valence-electron chi connectivity index (χ2n) is 14.8. The molecule has 2 aromatic heterocycles. The fourth-order valence-electron chi connectivity index (χ4n) is 8.49. The van der Waals surface area contributed by atoms with Crippen LogP contribution in [0.4, 0.5) is 0 Å². The molecule has 0 bridgehead atoms. The van der Waals surface area contributed by atoms with Crippen LogP contribution in [-0.2, 0) is 0 Å². The van der Waals surface area contributed by atoms with Crippen LogP contribution >= 0.6 is 0 Å². The monoisotopic (exact) mass is 737 g/mol. The summed E-state index contributed by atoms with van der Waals surface area (Å²) in [6, 6.07) is 75.0. The van der Waals surface area contributed by atoms with Crippen molar-refractivity contribution in [2.45, 2.75) is 0 Å². The number of benzene rings is 9. The van der Waals surface area contributed by atoms with E-state index in [1.54, 1.807) is 0 Å². The van der Waals surface area contributed by atoms with Gasteiger partial charge in [-0.05, 0) is 74.1 Å². The van der Waals surface area contributed by atoms with Crippen molar-refractivity contribution in [3.05, 3.63) is 212 Å². The first-order valence-electron chi connectivity index (χ1n) is 19.7. The van der Waals surface area contributed by atoms with Crippen LogP contribution < -0.4 is 0 Å². The lowest BCUT2D eigenvalue weighted by Gasteiger charge is -2.16. The van der Waals surface area contributed by atoms with Gasteiger partial charge in [0, 0.05) is 38.4 Å². The molecule has 9 aromatic carbocycles. The predicted octanol–water partition coefficient (Wildman–Crippen LogP) is 14.5. The first-order valence-corrected chi connectivity index (χ1v) is 19.7. The minimum Gasteiger partial charge on any atom is -0.247 e. The highest BCUT2D eigenvalue weighted by molar-refractivity contribution is 6.33. The number of aromatic nitrogens is 3. The van der Waals surface area contributed by atoms with Gasteiger partial charge in [0.1, 0.15) is 0 Å². The number of fused-ring (bicyclic) bond motifs is 8. The molecule has 11 rings (SSSR count). The molecule has 0 saturated heterocycles. The third-order valence-electron chi connectivity index (χ3n) is 11.2. The van der Waals surface area contributed by atoms with E-state index in [0.717, 1.165) is 66.9 Å². The van der Waals surface area contributed by atoms with E-state index in [0.29, 0.717) is 5.82 Å². The highest BCUT2D eigenvalue weighted by atomic mass is 14.9. The number of para-hydroxylation sites is 1. The molecular formula is C55H35N3. The maximum absolute atomic E-state index is 5.41. The molecule has 0 radical (unpaired) electrons.